The van der Waals surface area contributed by atoms with Crippen molar-refractivity contribution < 1.29 is 13.2 Å². The summed E-state index contributed by atoms with van der Waals surface area (Å²) >= 11 is 0. The molecule has 0 radical (unpaired) electrons. The highest BCUT2D eigenvalue weighted by Gasteiger charge is 2.26. The maximum Gasteiger partial charge on any atom is 0.243 e. The zero-order valence-electron chi connectivity index (χ0n) is 15.6. The highest BCUT2D eigenvalue weighted by Crippen LogP contribution is 2.25. The standard InChI is InChI=1S/C21H26N2O3S/c1-2-20(17-10-5-3-6-11-17)21(24)22-18-12-9-13-19(16-18)27(25,26)23-14-7-4-8-15-23/h3,5-6,9-13,16,20H,2,4,7-8,14-15H2,1H3,(H,22,24). The van der Waals surface area contributed by atoms with E-state index < -0.39 is 10.0 Å². The third-order valence-corrected chi connectivity index (χ3v) is 6.88. The number of piperidine rings is 1. The molecule has 0 aliphatic carbocycles. The number of hydrogen-bond acceptors (Lipinski definition) is 3. The van der Waals surface area contributed by atoms with Gasteiger partial charge in [-0.25, -0.2) is 8.42 Å². The molecule has 27 heavy (non-hydrogen) atoms. The average molecular weight is 387 g/mol. The van der Waals surface area contributed by atoms with Crippen LogP contribution in [0.25, 0.3) is 0 Å². The first-order valence-corrected chi connectivity index (χ1v) is 10.9. The first-order valence-electron chi connectivity index (χ1n) is 9.48. The Bertz CT molecular complexity index is 875. The topological polar surface area (TPSA) is 66.5 Å². The van der Waals surface area contributed by atoms with Crippen LogP contribution in [0.2, 0.25) is 0 Å². The summed E-state index contributed by atoms with van der Waals surface area (Å²) in [4.78, 5) is 13.0. The number of carbonyl (C=O) groups excluding carboxylic acids is 1. The molecule has 0 aromatic heterocycles. The van der Waals surface area contributed by atoms with Gasteiger partial charge in [0, 0.05) is 18.8 Å². The van der Waals surface area contributed by atoms with E-state index in [9.17, 15) is 13.2 Å². The van der Waals surface area contributed by atoms with Gasteiger partial charge < -0.3 is 5.32 Å². The number of sulfonamides is 1. The number of amides is 1. The molecule has 2 aromatic carbocycles. The molecule has 1 amide bonds. The second-order valence-corrected chi connectivity index (χ2v) is 8.79. The Morgan fingerprint density at radius 2 is 1.74 bits per heavy atom. The van der Waals surface area contributed by atoms with E-state index in [1.165, 1.54) is 4.31 Å². The fraction of sp³-hybridized carbons (Fsp3) is 0.381. The Balaban J connectivity index is 1.78. The Morgan fingerprint density at radius 3 is 2.41 bits per heavy atom. The van der Waals surface area contributed by atoms with Crippen LogP contribution in [0.1, 0.15) is 44.1 Å². The SMILES string of the molecule is CCC(C(=O)Nc1cccc(S(=O)(=O)N2CCCCC2)c1)c1ccccc1. The van der Waals surface area contributed by atoms with Crippen LogP contribution in [0, 0.1) is 0 Å². The van der Waals surface area contributed by atoms with E-state index >= 15 is 0 Å². The molecular formula is C21H26N2O3S. The first-order chi connectivity index (χ1) is 13.0. The van der Waals surface area contributed by atoms with Crippen molar-refractivity contribution in [3.05, 3.63) is 60.2 Å². The van der Waals surface area contributed by atoms with Crippen molar-refractivity contribution in [3.63, 3.8) is 0 Å². The van der Waals surface area contributed by atoms with E-state index in [1.54, 1.807) is 24.3 Å². The smallest absolute Gasteiger partial charge is 0.243 e. The minimum absolute atomic E-state index is 0.128. The number of rotatable bonds is 6. The normalized spacial score (nSPS) is 16.6. The van der Waals surface area contributed by atoms with Crippen LogP contribution >= 0.6 is 0 Å². The molecular weight excluding hydrogens is 360 g/mol. The van der Waals surface area contributed by atoms with Crippen molar-refractivity contribution in [2.75, 3.05) is 18.4 Å². The number of carbonyl (C=O) groups is 1. The molecule has 3 rings (SSSR count). The maximum atomic E-state index is 12.8. The van der Waals surface area contributed by atoms with Gasteiger partial charge in [0.25, 0.3) is 0 Å². The summed E-state index contributed by atoms with van der Waals surface area (Å²) < 4.78 is 27.2. The fourth-order valence-electron chi connectivity index (χ4n) is 3.48. The average Bonchev–Trinajstić information content (AvgIpc) is 2.70. The van der Waals surface area contributed by atoms with Crippen molar-refractivity contribution in [1.82, 2.24) is 4.31 Å². The fourth-order valence-corrected chi connectivity index (χ4v) is 5.04. The summed E-state index contributed by atoms with van der Waals surface area (Å²) in [6, 6.07) is 16.2. The highest BCUT2D eigenvalue weighted by atomic mass is 32.2. The predicted octanol–water partition coefficient (Wildman–Crippen LogP) is 3.99. The van der Waals surface area contributed by atoms with Gasteiger partial charge in [0.1, 0.15) is 0 Å². The molecule has 0 bridgehead atoms. The number of anilines is 1. The van der Waals surface area contributed by atoms with Crippen LogP contribution in [0.15, 0.2) is 59.5 Å². The summed E-state index contributed by atoms with van der Waals surface area (Å²) in [5.74, 6) is -0.398. The molecule has 1 N–H and O–H groups in total. The molecule has 1 unspecified atom stereocenters. The summed E-state index contributed by atoms with van der Waals surface area (Å²) in [5, 5.41) is 2.88. The maximum absolute atomic E-state index is 12.8. The Hall–Kier alpha value is -2.18. The molecule has 0 saturated carbocycles. The lowest BCUT2D eigenvalue weighted by Gasteiger charge is -2.26. The number of benzene rings is 2. The van der Waals surface area contributed by atoms with Gasteiger partial charge in [0.05, 0.1) is 10.8 Å². The van der Waals surface area contributed by atoms with Crippen molar-refractivity contribution in [2.45, 2.75) is 43.4 Å². The molecule has 2 aromatic rings. The van der Waals surface area contributed by atoms with E-state index in [0.29, 0.717) is 25.2 Å². The van der Waals surface area contributed by atoms with Gasteiger partial charge in [-0.2, -0.15) is 4.31 Å². The Kier molecular flexibility index (Phi) is 6.29. The number of hydrogen-bond donors (Lipinski definition) is 1. The van der Waals surface area contributed by atoms with Crippen LogP contribution in [0.4, 0.5) is 5.69 Å². The molecule has 1 heterocycles. The van der Waals surface area contributed by atoms with Crippen LogP contribution in [-0.2, 0) is 14.8 Å². The van der Waals surface area contributed by atoms with Gasteiger partial charge in [0.15, 0.2) is 0 Å². The number of nitrogens with zero attached hydrogens (tertiary/aromatic N) is 1. The molecule has 5 nitrogen and oxygen atoms in total. The molecule has 1 saturated heterocycles. The van der Waals surface area contributed by atoms with Gasteiger partial charge in [-0.1, -0.05) is 49.7 Å². The molecule has 0 spiro atoms. The molecule has 144 valence electrons. The first kappa shape index (κ1) is 19.6. The third-order valence-electron chi connectivity index (χ3n) is 4.98. The largest absolute Gasteiger partial charge is 0.326 e. The highest BCUT2D eigenvalue weighted by molar-refractivity contribution is 7.89. The van der Waals surface area contributed by atoms with E-state index in [4.69, 9.17) is 0 Å². The zero-order valence-corrected chi connectivity index (χ0v) is 16.4. The number of nitrogens with one attached hydrogen (secondary N) is 1. The van der Waals surface area contributed by atoms with Crippen LogP contribution in [0.5, 0.6) is 0 Å². The summed E-state index contributed by atoms with van der Waals surface area (Å²) in [7, 11) is -3.52. The van der Waals surface area contributed by atoms with E-state index in [2.05, 4.69) is 5.32 Å². The molecule has 1 aliphatic rings. The Morgan fingerprint density at radius 1 is 1.04 bits per heavy atom. The quantitative estimate of drug-likeness (QED) is 0.816. The lowest BCUT2D eigenvalue weighted by Crippen LogP contribution is -2.35. The minimum Gasteiger partial charge on any atom is -0.326 e. The van der Waals surface area contributed by atoms with Crippen molar-refractivity contribution in [3.8, 4) is 0 Å². The van der Waals surface area contributed by atoms with Gasteiger partial charge in [-0.3, -0.25) is 4.79 Å². The van der Waals surface area contributed by atoms with Crippen molar-refractivity contribution in [2.24, 2.45) is 0 Å². The summed E-state index contributed by atoms with van der Waals surface area (Å²) in [5.41, 5.74) is 1.46. The zero-order chi connectivity index (χ0) is 19.3. The molecule has 1 aliphatic heterocycles. The second-order valence-electron chi connectivity index (χ2n) is 6.85. The lowest BCUT2D eigenvalue weighted by atomic mass is 9.95. The predicted molar refractivity (Wildman–Crippen MR) is 107 cm³/mol. The molecule has 1 atom stereocenters. The van der Waals surface area contributed by atoms with Crippen LogP contribution in [-0.4, -0.2) is 31.7 Å². The van der Waals surface area contributed by atoms with Gasteiger partial charge in [0.2, 0.25) is 15.9 Å². The lowest BCUT2D eigenvalue weighted by molar-refractivity contribution is -0.117. The van der Waals surface area contributed by atoms with Crippen LogP contribution in [0.3, 0.4) is 0 Å². The van der Waals surface area contributed by atoms with Crippen molar-refractivity contribution in [1.29, 1.82) is 0 Å². The van der Waals surface area contributed by atoms with Gasteiger partial charge in [-0.05, 0) is 43.0 Å². The van der Waals surface area contributed by atoms with Crippen molar-refractivity contribution >= 4 is 21.6 Å². The molecule has 1 fully saturated rings. The molecule has 6 heteroatoms. The minimum atomic E-state index is -3.52. The summed E-state index contributed by atoms with van der Waals surface area (Å²) in [6.45, 7) is 3.09. The monoisotopic (exact) mass is 386 g/mol. The van der Waals surface area contributed by atoms with E-state index in [0.717, 1.165) is 24.8 Å². The second kappa shape index (κ2) is 8.67. The van der Waals surface area contributed by atoms with E-state index in [1.807, 2.05) is 37.3 Å². The van der Waals surface area contributed by atoms with Gasteiger partial charge >= 0.3 is 0 Å². The van der Waals surface area contributed by atoms with E-state index in [-0.39, 0.29) is 16.7 Å². The summed E-state index contributed by atoms with van der Waals surface area (Å²) in [6.07, 6.45) is 3.53. The van der Waals surface area contributed by atoms with Crippen LogP contribution < -0.4 is 5.32 Å². The van der Waals surface area contributed by atoms with Gasteiger partial charge in [-0.15, -0.1) is 0 Å². The third kappa shape index (κ3) is 4.57. The Labute approximate surface area is 161 Å².